The minimum atomic E-state index is -0.486. The lowest BCUT2D eigenvalue weighted by Crippen LogP contribution is -2.60. The van der Waals surface area contributed by atoms with Crippen molar-refractivity contribution < 1.29 is 13.9 Å². The summed E-state index contributed by atoms with van der Waals surface area (Å²) in [6.07, 6.45) is 4.26. The molecular weight excluding hydrogens is 515 g/mol. The molecule has 12 nitrogen and oxygen atoms in total. The fourth-order valence-electron chi connectivity index (χ4n) is 4.49. The van der Waals surface area contributed by atoms with Crippen molar-refractivity contribution in [2.75, 3.05) is 30.4 Å². The van der Waals surface area contributed by atoms with Gasteiger partial charge in [-0.25, -0.2) is 29.0 Å². The fourth-order valence-corrected chi connectivity index (χ4v) is 4.49. The Morgan fingerprint density at radius 3 is 2.83 bits per heavy atom. The van der Waals surface area contributed by atoms with Crippen molar-refractivity contribution in [3.05, 3.63) is 66.9 Å². The van der Waals surface area contributed by atoms with Crippen molar-refractivity contribution in [1.82, 2.24) is 39.8 Å². The molecule has 1 saturated heterocycles. The van der Waals surface area contributed by atoms with Crippen molar-refractivity contribution in [1.29, 1.82) is 0 Å². The number of nitrogens with zero attached hydrogens (tertiary/aromatic N) is 9. The van der Waals surface area contributed by atoms with Crippen LogP contribution in [0.5, 0.6) is 11.5 Å². The summed E-state index contributed by atoms with van der Waals surface area (Å²) in [6.45, 7) is 6.34. The molecule has 0 unspecified atom stereocenters. The van der Waals surface area contributed by atoms with Crippen molar-refractivity contribution in [2.24, 2.45) is 7.05 Å². The number of amides is 1. The molecule has 1 fully saturated rings. The van der Waals surface area contributed by atoms with Crippen LogP contribution >= 0.6 is 0 Å². The average molecular weight is 541 g/mol. The smallest absolute Gasteiger partial charge is 0.246 e. The van der Waals surface area contributed by atoms with Crippen LogP contribution in [0.4, 0.5) is 21.8 Å². The van der Waals surface area contributed by atoms with Gasteiger partial charge in [0, 0.05) is 38.8 Å². The van der Waals surface area contributed by atoms with Gasteiger partial charge >= 0.3 is 0 Å². The standard InChI is InChI=1S/C27H25FN10O2/c1-5-23(39)36(3)16-12-38(13-16)27-29-11-20-25(33-27)26(31-14-30-20)32-18-7-9-22(15(2)24(18)28)40-17-6-8-21-19(10-17)34-35-37(21)4/h5-11,14,16H,1,12-13H2,2-4H3,(H,30,31,32). The molecule has 0 bridgehead atoms. The number of nitrogens with one attached hydrogen (secondary N) is 1. The summed E-state index contributed by atoms with van der Waals surface area (Å²) in [7, 11) is 3.55. The van der Waals surface area contributed by atoms with Crippen LogP contribution < -0.4 is 15.0 Å². The Hall–Kier alpha value is -5.20. The van der Waals surface area contributed by atoms with Crippen LogP contribution in [0, 0.1) is 12.7 Å². The largest absolute Gasteiger partial charge is 0.457 e. The molecule has 1 aliphatic rings. The maximum Gasteiger partial charge on any atom is 0.246 e. The summed E-state index contributed by atoms with van der Waals surface area (Å²) in [6, 6.07) is 8.70. The second-order valence-electron chi connectivity index (χ2n) is 9.48. The number of aromatic nitrogens is 7. The van der Waals surface area contributed by atoms with E-state index in [1.807, 2.05) is 18.0 Å². The maximum absolute atomic E-state index is 15.5. The van der Waals surface area contributed by atoms with Gasteiger partial charge in [-0.3, -0.25) is 4.79 Å². The quantitative estimate of drug-likeness (QED) is 0.306. The molecule has 13 heteroatoms. The highest BCUT2D eigenvalue weighted by molar-refractivity contribution is 5.88. The minimum Gasteiger partial charge on any atom is -0.457 e. The number of aryl methyl sites for hydroxylation is 1. The van der Waals surface area contributed by atoms with Gasteiger partial charge in [0.1, 0.15) is 34.4 Å². The number of carbonyl (C=O) groups is 1. The molecule has 1 aliphatic heterocycles. The van der Waals surface area contributed by atoms with E-state index in [0.29, 0.717) is 58.5 Å². The van der Waals surface area contributed by atoms with E-state index >= 15 is 4.39 Å². The number of rotatable bonds is 7. The lowest BCUT2D eigenvalue weighted by Gasteiger charge is -2.43. The van der Waals surface area contributed by atoms with Crippen molar-refractivity contribution >= 4 is 45.4 Å². The number of halogens is 1. The SMILES string of the molecule is C=CC(=O)N(C)C1CN(c2ncc3ncnc(Nc4ccc(Oc5ccc6c(c5)nnn6C)c(C)c4F)c3n2)C1. The number of hydrogen-bond donors (Lipinski definition) is 1. The molecule has 0 atom stereocenters. The zero-order chi connectivity index (χ0) is 28.0. The number of fused-ring (bicyclic) bond motifs is 2. The van der Waals surface area contributed by atoms with E-state index in [2.05, 4.69) is 42.1 Å². The molecule has 3 aromatic heterocycles. The molecule has 5 aromatic rings. The monoisotopic (exact) mass is 540 g/mol. The Balaban J connectivity index is 1.23. The highest BCUT2D eigenvalue weighted by Gasteiger charge is 2.33. The second-order valence-corrected chi connectivity index (χ2v) is 9.48. The van der Waals surface area contributed by atoms with E-state index in [1.165, 1.54) is 12.4 Å². The van der Waals surface area contributed by atoms with Crippen LogP contribution in [-0.2, 0) is 11.8 Å². The van der Waals surface area contributed by atoms with Gasteiger partial charge in [-0.1, -0.05) is 11.8 Å². The van der Waals surface area contributed by atoms with Gasteiger partial charge in [-0.2, -0.15) is 0 Å². The highest BCUT2D eigenvalue weighted by atomic mass is 19.1. The molecule has 202 valence electrons. The molecule has 1 amide bonds. The van der Waals surface area contributed by atoms with Gasteiger partial charge in [0.2, 0.25) is 11.9 Å². The molecule has 4 heterocycles. The number of hydrogen-bond acceptors (Lipinski definition) is 10. The van der Waals surface area contributed by atoms with E-state index < -0.39 is 5.82 Å². The number of benzene rings is 2. The van der Waals surface area contributed by atoms with Crippen LogP contribution in [0.25, 0.3) is 22.1 Å². The molecule has 6 rings (SSSR count). The fraction of sp³-hybridized carbons (Fsp3) is 0.222. The number of likely N-dealkylation sites (N-methyl/N-ethyl adjacent to an activating group) is 1. The Morgan fingerprint density at radius 1 is 1.20 bits per heavy atom. The van der Waals surface area contributed by atoms with E-state index in [9.17, 15) is 4.79 Å². The zero-order valence-electron chi connectivity index (χ0n) is 22.0. The first kappa shape index (κ1) is 25.1. The van der Waals surface area contributed by atoms with E-state index in [0.717, 1.165) is 5.52 Å². The first-order valence-corrected chi connectivity index (χ1v) is 12.5. The van der Waals surface area contributed by atoms with Crippen LogP contribution in [-0.4, -0.2) is 71.9 Å². The molecule has 40 heavy (non-hydrogen) atoms. The van der Waals surface area contributed by atoms with Gasteiger partial charge in [0.25, 0.3) is 0 Å². The number of carbonyl (C=O) groups excluding carboxylic acids is 1. The molecule has 2 aromatic carbocycles. The predicted octanol–water partition coefficient (Wildman–Crippen LogP) is 3.52. The summed E-state index contributed by atoms with van der Waals surface area (Å²) in [5.74, 6) is 1.08. The summed E-state index contributed by atoms with van der Waals surface area (Å²) >= 11 is 0. The molecule has 0 aliphatic carbocycles. The van der Waals surface area contributed by atoms with Crippen molar-refractivity contribution in [3.8, 4) is 11.5 Å². The van der Waals surface area contributed by atoms with Crippen LogP contribution in [0.3, 0.4) is 0 Å². The van der Waals surface area contributed by atoms with Crippen molar-refractivity contribution in [2.45, 2.75) is 13.0 Å². The number of anilines is 3. The summed E-state index contributed by atoms with van der Waals surface area (Å²) < 4.78 is 23.1. The Labute approximate surface area is 228 Å². The third kappa shape index (κ3) is 4.40. The van der Waals surface area contributed by atoms with Gasteiger partial charge in [0.15, 0.2) is 11.6 Å². The van der Waals surface area contributed by atoms with E-state index in [-0.39, 0.29) is 17.6 Å². The predicted molar refractivity (Wildman–Crippen MR) is 147 cm³/mol. The summed E-state index contributed by atoms with van der Waals surface area (Å²) in [5.41, 5.74) is 3.03. The maximum atomic E-state index is 15.5. The van der Waals surface area contributed by atoms with E-state index in [1.54, 1.807) is 54.0 Å². The topological polar surface area (TPSA) is 127 Å². The minimum absolute atomic E-state index is 0.0368. The van der Waals surface area contributed by atoms with Crippen molar-refractivity contribution in [3.63, 3.8) is 0 Å². The van der Waals surface area contributed by atoms with Crippen LogP contribution in [0.2, 0.25) is 0 Å². The molecule has 0 spiro atoms. The van der Waals surface area contributed by atoms with Gasteiger partial charge in [-0.05, 0) is 37.3 Å². The summed E-state index contributed by atoms with van der Waals surface area (Å²) in [4.78, 5) is 33.1. The van der Waals surface area contributed by atoms with Gasteiger partial charge in [-0.15, -0.1) is 5.10 Å². The van der Waals surface area contributed by atoms with Crippen LogP contribution in [0.1, 0.15) is 5.56 Å². The second kappa shape index (κ2) is 9.84. The molecule has 1 N–H and O–H groups in total. The highest BCUT2D eigenvalue weighted by Crippen LogP contribution is 2.33. The average Bonchev–Trinajstić information content (AvgIpc) is 3.31. The lowest BCUT2D eigenvalue weighted by atomic mass is 10.1. The normalized spacial score (nSPS) is 13.3. The Bertz CT molecular complexity index is 1780. The Kier molecular flexibility index (Phi) is 6.17. The third-order valence-corrected chi connectivity index (χ3v) is 6.98. The lowest BCUT2D eigenvalue weighted by molar-refractivity contribution is -0.127. The van der Waals surface area contributed by atoms with Crippen LogP contribution in [0.15, 0.2) is 55.5 Å². The van der Waals surface area contributed by atoms with E-state index in [4.69, 9.17) is 4.74 Å². The first-order chi connectivity index (χ1) is 19.3. The molecule has 0 saturated carbocycles. The van der Waals surface area contributed by atoms with Gasteiger partial charge < -0.3 is 19.9 Å². The zero-order valence-corrected chi connectivity index (χ0v) is 22.0. The third-order valence-electron chi connectivity index (χ3n) is 6.98. The summed E-state index contributed by atoms with van der Waals surface area (Å²) in [5, 5.41) is 11.1. The Morgan fingerprint density at radius 2 is 2.02 bits per heavy atom. The number of ether oxygens (including phenoxy) is 1. The molecule has 0 radical (unpaired) electrons. The first-order valence-electron chi connectivity index (χ1n) is 12.5. The molecular formula is C27H25FN10O2. The van der Waals surface area contributed by atoms with Gasteiger partial charge in [0.05, 0.1) is 23.4 Å².